The number of hydrogen-bond acceptors (Lipinski definition) is 2. The summed E-state index contributed by atoms with van der Waals surface area (Å²) < 4.78 is 0. The van der Waals surface area contributed by atoms with Crippen molar-refractivity contribution in [3.8, 4) is 0 Å². The second-order valence-corrected chi connectivity index (χ2v) is 2.73. The molecule has 4 heteroatoms. The van der Waals surface area contributed by atoms with Crippen molar-refractivity contribution in [1.82, 2.24) is 10.3 Å². The minimum Gasteiger partial charge on any atom is -0.374 e. The van der Waals surface area contributed by atoms with Gasteiger partial charge in [-0.25, -0.2) is 0 Å². The van der Waals surface area contributed by atoms with Gasteiger partial charge in [-0.1, -0.05) is 6.58 Å². The quantitative estimate of drug-likeness (QED) is 0.468. The lowest BCUT2D eigenvalue weighted by atomic mass is 10.1. The summed E-state index contributed by atoms with van der Waals surface area (Å²) in [5, 5.41) is 11.2. The van der Waals surface area contributed by atoms with Crippen LogP contribution in [0.15, 0.2) is 25.0 Å². The van der Waals surface area contributed by atoms with Crippen LogP contribution in [0.5, 0.6) is 0 Å². The summed E-state index contributed by atoms with van der Waals surface area (Å²) in [6.45, 7) is 5.08. The van der Waals surface area contributed by atoms with Gasteiger partial charge in [0.15, 0.2) is 0 Å². The Labute approximate surface area is 76.3 Å². The van der Waals surface area contributed by atoms with Gasteiger partial charge in [-0.15, -0.1) is 0 Å². The molecule has 1 amide bonds. The highest BCUT2D eigenvalue weighted by Crippen LogP contribution is 2.10. The Balaban J connectivity index is 2.64. The number of carbonyl (C=O) groups is 1. The van der Waals surface area contributed by atoms with Crippen molar-refractivity contribution in [2.75, 3.05) is 0 Å². The van der Waals surface area contributed by atoms with E-state index in [0.29, 0.717) is 5.57 Å². The molecule has 0 saturated carbocycles. The highest BCUT2D eigenvalue weighted by molar-refractivity contribution is 6.18. The Morgan fingerprint density at radius 3 is 2.92 bits per heavy atom. The number of nitrogens with one attached hydrogen (secondary N) is 2. The molecule has 0 aromatic carbocycles. The molecule has 0 aliphatic rings. The molecule has 0 fully saturated rings. The smallest absolute Gasteiger partial charge is 0.253 e. The lowest BCUT2D eigenvalue weighted by Gasteiger charge is -2.07. The topological polar surface area (TPSA) is 65.1 Å². The first-order chi connectivity index (χ1) is 6.11. The van der Waals surface area contributed by atoms with Crippen molar-refractivity contribution in [1.29, 1.82) is 0 Å². The van der Waals surface area contributed by atoms with Crippen molar-refractivity contribution in [2.24, 2.45) is 0 Å². The molecule has 1 heterocycles. The molecular weight excluding hydrogens is 168 g/mol. The van der Waals surface area contributed by atoms with Crippen LogP contribution in [0.3, 0.4) is 0 Å². The maximum absolute atomic E-state index is 11.3. The second-order valence-electron chi connectivity index (χ2n) is 2.73. The summed E-state index contributed by atoms with van der Waals surface area (Å²) in [6, 6.07) is 1.74. The molecule has 4 nitrogen and oxygen atoms in total. The van der Waals surface area contributed by atoms with E-state index in [0.717, 1.165) is 5.56 Å². The highest BCUT2D eigenvalue weighted by atomic mass is 16.3. The molecule has 1 atom stereocenters. The first kappa shape index (κ1) is 9.54. The molecule has 13 heavy (non-hydrogen) atoms. The van der Waals surface area contributed by atoms with E-state index in [1.807, 2.05) is 0 Å². The third kappa shape index (κ3) is 2.45. The Hall–Kier alpha value is -1.55. The van der Waals surface area contributed by atoms with Gasteiger partial charge >= 0.3 is 0 Å². The number of hydrogen-bond donors (Lipinski definition) is 3. The molecule has 1 unspecified atom stereocenters. The summed E-state index contributed by atoms with van der Waals surface area (Å²) in [6.07, 6.45) is 2.52. The minimum absolute atomic E-state index is 0.335. The van der Waals surface area contributed by atoms with E-state index < -0.39 is 6.23 Å². The predicted molar refractivity (Wildman–Crippen MR) is 49.7 cm³/mol. The van der Waals surface area contributed by atoms with Gasteiger partial charge in [0.1, 0.15) is 6.23 Å². The minimum atomic E-state index is -0.858. The van der Waals surface area contributed by atoms with Crippen LogP contribution in [0.4, 0.5) is 0 Å². The average Bonchev–Trinajstić information content (AvgIpc) is 2.53. The van der Waals surface area contributed by atoms with Crippen molar-refractivity contribution in [3.05, 3.63) is 30.6 Å². The van der Waals surface area contributed by atoms with Crippen molar-refractivity contribution < 1.29 is 9.90 Å². The van der Waals surface area contributed by atoms with Gasteiger partial charge in [0, 0.05) is 23.5 Å². The van der Waals surface area contributed by atoms with E-state index in [-0.39, 0.29) is 5.91 Å². The van der Waals surface area contributed by atoms with Gasteiger partial charge in [-0.2, -0.15) is 0 Å². The van der Waals surface area contributed by atoms with Crippen LogP contribution in [-0.2, 0) is 4.79 Å². The van der Waals surface area contributed by atoms with Crippen molar-refractivity contribution in [3.63, 3.8) is 0 Å². The summed E-state index contributed by atoms with van der Waals surface area (Å²) in [4.78, 5) is 14.1. The van der Waals surface area contributed by atoms with Crippen LogP contribution in [0, 0.1) is 0 Å². The Morgan fingerprint density at radius 1 is 1.77 bits per heavy atom. The Bertz CT molecular complexity index is 301. The number of aliphatic hydroxyl groups is 1. The number of rotatable bonds is 3. The van der Waals surface area contributed by atoms with E-state index in [1.54, 1.807) is 18.5 Å². The number of amides is 1. The average molecular weight is 180 g/mol. The summed E-state index contributed by atoms with van der Waals surface area (Å²) in [5.74, 6) is -0.366. The number of aromatic amines is 1. The molecule has 0 bridgehead atoms. The highest BCUT2D eigenvalue weighted by Gasteiger charge is 2.10. The van der Waals surface area contributed by atoms with Crippen LogP contribution in [0.25, 0.3) is 5.57 Å². The molecule has 0 spiro atoms. The molecule has 70 valence electrons. The molecule has 3 N–H and O–H groups in total. The Morgan fingerprint density at radius 2 is 2.46 bits per heavy atom. The van der Waals surface area contributed by atoms with Gasteiger partial charge in [0.25, 0.3) is 5.91 Å². The standard InChI is InChI=1S/C9H12N2O2/c1-6(8-3-4-10-5-8)9(13)11-7(2)12/h3-5,7,10,12H,1H2,2H3,(H,11,13). The van der Waals surface area contributed by atoms with Gasteiger partial charge in [0.2, 0.25) is 0 Å². The molecule has 0 radical (unpaired) electrons. The number of aliphatic hydroxyl groups excluding tert-OH is 1. The van der Waals surface area contributed by atoms with E-state index in [2.05, 4.69) is 16.9 Å². The maximum Gasteiger partial charge on any atom is 0.253 e. The molecule has 1 aromatic heterocycles. The van der Waals surface area contributed by atoms with E-state index in [4.69, 9.17) is 5.11 Å². The van der Waals surface area contributed by atoms with Crippen molar-refractivity contribution in [2.45, 2.75) is 13.2 Å². The van der Waals surface area contributed by atoms with Crippen LogP contribution < -0.4 is 5.32 Å². The zero-order valence-corrected chi connectivity index (χ0v) is 7.37. The first-order valence-electron chi connectivity index (χ1n) is 3.92. The number of aromatic nitrogens is 1. The van der Waals surface area contributed by atoms with Crippen LogP contribution >= 0.6 is 0 Å². The molecule has 0 aliphatic carbocycles. The number of carbonyl (C=O) groups excluding carboxylic acids is 1. The molecule has 0 saturated heterocycles. The fraction of sp³-hybridized carbons (Fsp3) is 0.222. The Kier molecular flexibility index (Phi) is 2.87. The van der Waals surface area contributed by atoms with Crippen LogP contribution in [-0.4, -0.2) is 22.2 Å². The zero-order chi connectivity index (χ0) is 9.84. The zero-order valence-electron chi connectivity index (χ0n) is 7.37. The van der Waals surface area contributed by atoms with Crippen LogP contribution in [0.2, 0.25) is 0 Å². The van der Waals surface area contributed by atoms with Gasteiger partial charge in [-0.05, 0) is 13.0 Å². The van der Waals surface area contributed by atoms with E-state index in [9.17, 15) is 4.79 Å². The van der Waals surface area contributed by atoms with E-state index >= 15 is 0 Å². The normalized spacial score (nSPS) is 12.2. The third-order valence-electron chi connectivity index (χ3n) is 1.56. The third-order valence-corrected chi connectivity index (χ3v) is 1.56. The van der Waals surface area contributed by atoms with Gasteiger partial charge in [0.05, 0.1) is 0 Å². The lowest BCUT2D eigenvalue weighted by molar-refractivity contribution is -0.118. The monoisotopic (exact) mass is 180 g/mol. The fourth-order valence-electron chi connectivity index (χ4n) is 0.920. The van der Waals surface area contributed by atoms with Gasteiger partial charge in [-0.3, -0.25) is 4.79 Å². The fourth-order valence-corrected chi connectivity index (χ4v) is 0.920. The first-order valence-corrected chi connectivity index (χ1v) is 3.92. The van der Waals surface area contributed by atoms with Crippen molar-refractivity contribution >= 4 is 11.5 Å². The SMILES string of the molecule is C=C(C(=O)NC(C)O)c1cc[nH]c1. The summed E-state index contributed by atoms with van der Waals surface area (Å²) in [7, 11) is 0. The predicted octanol–water partition coefficient (Wildman–Crippen LogP) is 0.482. The molecule has 1 aromatic rings. The summed E-state index contributed by atoms with van der Waals surface area (Å²) >= 11 is 0. The lowest BCUT2D eigenvalue weighted by Crippen LogP contribution is -2.32. The molecule has 1 rings (SSSR count). The summed E-state index contributed by atoms with van der Waals surface area (Å²) in [5.41, 5.74) is 1.06. The second kappa shape index (κ2) is 3.91. The van der Waals surface area contributed by atoms with Gasteiger partial charge < -0.3 is 15.4 Å². The molecule has 0 aliphatic heterocycles. The largest absolute Gasteiger partial charge is 0.374 e. The van der Waals surface area contributed by atoms with E-state index in [1.165, 1.54) is 6.92 Å². The molecular formula is C9H12N2O2. The van der Waals surface area contributed by atoms with Crippen LogP contribution in [0.1, 0.15) is 12.5 Å². The maximum atomic E-state index is 11.3. The number of H-pyrrole nitrogens is 1.